The number of alkyl halides is 3. The van der Waals surface area contributed by atoms with Gasteiger partial charge in [-0.3, -0.25) is 4.98 Å². The monoisotopic (exact) mass is 293 g/mol. The Labute approximate surface area is 108 Å². The highest BCUT2D eigenvalue weighted by atomic mass is 32.2. The molecule has 2 unspecified atom stereocenters. The summed E-state index contributed by atoms with van der Waals surface area (Å²) >= 11 is 0. The van der Waals surface area contributed by atoms with Gasteiger partial charge in [0, 0.05) is 12.5 Å². The molecule has 0 N–H and O–H groups in total. The van der Waals surface area contributed by atoms with Gasteiger partial charge in [0.2, 0.25) is 0 Å². The van der Waals surface area contributed by atoms with Crippen LogP contribution in [0.25, 0.3) is 0 Å². The van der Waals surface area contributed by atoms with Crippen LogP contribution in [0.3, 0.4) is 0 Å². The van der Waals surface area contributed by atoms with Crippen molar-refractivity contribution in [2.45, 2.75) is 18.3 Å². The van der Waals surface area contributed by atoms with E-state index >= 15 is 0 Å². The quantitative estimate of drug-likeness (QED) is 0.362. The van der Waals surface area contributed by atoms with Gasteiger partial charge in [-0.05, 0) is 18.6 Å². The van der Waals surface area contributed by atoms with Gasteiger partial charge in [-0.1, -0.05) is 6.07 Å². The normalized spacial score (nSPS) is 16.3. The average Bonchev–Trinajstić information content (AvgIpc) is 2.35. The Bertz CT molecular complexity index is 625. The molecule has 1 rings (SSSR count). The molecule has 104 valence electrons. The number of hydrogen-bond donors (Lipinski definition) is 0. The number of pyridine rings is 1. The topological polar surface area (TPSA) is 79.8 Å². The molecule has 0 aliphatic heterocycles. The molecular formula is C10H10F3N3O2S. The summed E-state index contributed by atoms with van der Waals surface area (Å²) in [5.74, 6) is 0. The number of hydroxylamine groups is 1. The van der Waals surface area contributed by atoms with Gasteiger partial charge in [-0.2, -0.15) is 17.3 Å². The summed E-state index contributed by atoms with van der Waals surface area (Å²) in [5.41, 5.74) is -0.887. The summed E-state index contributed by atoms with van der Waals surface area (Å²) in [6, 6.07) is 1.83. The number of halogens is 3. The van der Waals surface area contributed by atoms with Crippen LogP contribution >= 0.6 is 0 Å². The van der Waals surface area contributed by atoms with Crippen LogP contribution in [0.2, 0.25) is 0 Å². The Balaban J connectivity index is 3.21. The second kappa shape index (κ2) is 5.14. The molecule has 2 atom stereocenters. The predicted octanol–water partition coefficient (Wildman–Crippen LogP) is 2.25. The summed E-state index contributed by atoms with van der Waals surface area (Å²) < 4.78 is 48.8. The third kappa shape index (κ3) is 3.21. The van der Waals surface area contributed by atoms with Crippen LogP contribution < -0.4 is 0 Å². The third-order valence-electron chi connectivity index (χ3n) is 2.61. The zero-order valence-corrected chi connectivity index (χ0v) is 10.8. The van der Waals surface area contributed by atoms with E-state index in [9.17, 15) is 22.6 Å². The molecular weight excluding hydrogens is 283 g/mol. The second-order valence-corrected chi connectivity index (χ2v) is 6.60. The van der Waals surface area contributed by atoms with E-state index < -0.39 is 26.8 Å². The van der Waals surface area contributed by atoms with Crippen LogP contribution in [-0.2, 0) is 15.9 Å². The van der Waals surface area contributed by atoms with Crippen molar-refractivity contribution < 1.29 is 21.5 Å². The molecule has 0 radical (unpaired) electrons. The van der Waals surface area contributed by atoms with E-state index in [0.29, 0.717) is 0 Å². The molecule has 1 aromatic rings. The lowest BCUT2D eigenvalue weighted by Gasteiger charge is -2.16. The maximum absolute atomic E-state index is 12.3. The van der Waals surface area contributed by atoms with Crippen molar-refractivity contribution in [1.82, 2.24) is 4.98 Å². The highest BCUT2D eigenvalue weighted by Crippen LogP contribution is 2.29. The fourth-order valence-electron chi connectivity index (χ4n) is 1.29. The SMILES string of the molecule is CC(c1ccc(C(F)(F)F)nc1)S(C)(=O)=[N+]([O-])C#N. The number of nitrogens with zero attached hydrogens (tertiary/aromatic N) is 3. The van der Waals surface area contributed by atoms with Crippen LogP contribution in [0, 0.1) is 16.7 Å². The van der Waals surface area contributed by atoms with Gasteiger partial charge in [0.15, 0.2) is 5.26 Å². The van der Waals surface area contributed by atoms with Crippen LogP contribution in [0.5, 0.6) is 0 Å². The Morgan fingerprint density at radius 3 is 2.47 bits per heavy atom. The third-order valence-corrected chi connectivity index (χ3v) is 4.94. The zero-order valence-electron chi connectivity index (χ0n) is 10.0. The summed E-state index contributed by atoms with van der Waals surface area (Å²) in [6.45, 7) is 1.38. The van der Waals surface area contributed by atoms with E-state index in [-0.39, 0.29) is 9.67 Å². The fourth-order valence-corrected chi connectivity index (χ4v) is 2.38. The van der Waals surface area contributed by atoms with Crippen molar-refractivity contribution in [3.8, 4) is 6.19 Å². The number of rotatable bonds is 2. The van der Waals surface area contributed by atoms with Crippen LogP contribution in [-0.4, -0.2) is 19.6 Å². The molecule has 0 fully saturated rings. The number of aromatic nitrogens is 1. The number of hydrogen-bond acceptors (Lipinski definition) is 4. The highest BCUT2D eigenvalue weighted by Gasteiger charge is 2.32. The van der Waals surface area contributed by atoms with E-state index in [4.69, 9.17) is 5.26 Å². The molecule has 0 saturated heterocycles. The Morgan fingerprint density at radius 2 is 2.11 bits per heavy atom. The van der Waals surface area contributed by atoms with Crippen molar-refractivity contribution in [2.24, 2.45) is 0 Å². The maximum atomic E-state index is 12.3. The van der Waals surface area contributed by atoms with E-state index in [1.54, 1.807) is 0 Å². The molecule has 0 aliphatic rings. The lowest BCUT2D eigenvalue weighted by atomic mass is 10.2. The van der Waals surface area contributed by atoms with Gasteiger partial charge in [0.25, 0.3) is 0 Å². The Morgan fingerprint density at radius 1 is 1.53 bits per heavy atom. The van der Waals surface area contributed by atoms with Gasteiger partial charge >= 0.3 is 12.4 Å². The maximum Gasteiger partial charge on any atom is 0.463 e. The van der Waals surface area contributed by atoms with Crippen molar-refractivity contribution in [3.63, 3.8) is 0 Å². The molecule has 0 bridgehead atoms. The molecule has 0 aliphatic carbocycles. The minimum atomic E-state index is -4.56. The lowest BCUT2D eigenvalue weighted by molar-refractivity contribution is -0.333. The lowest BCUT2D eigenvalue weighted by Crippen LogP contribution is -2.17. The van der Waals surface area contributed by atoms with Crippen LogP contribution in [0.4, 0.5) is 13.2 Å². The van der Waals surface area contributed by atoms with Crippen LogP contribution in [0.1, 0.15) is 23.4 Å². The first kappa shape index (κ1) is 15.4. The second-order valence-electron chi connectivity index (χ2n) is 3.83. The zero-order chi connectivity index (χ0) is 14.8. The van der Waals surface area contributed by atoms with Crippen molar-refractivity contribution in [2.75, 3.05) is 6.26 Å². The minimum absolute atomic E-state index is 0.191. The standard InChI is InChI=1S/C10H10F3N3O2S/c1-7(19(2,18)16(17)6-14)8-3-4-9(15-5-8)10(11,12)13/h3-5,7H,1-2H3. The minimum Gasteiger partial charge on any atom is -0.632 e. The Kier molecular flexibility index (Phi) is 4.17. The first-order valence-electron chi connectivity index (χ1n) is 4.99. The van der Waals surface area contributed by atoms with Gasteiger partial charge < -0.3 is 5.21 Å². The van der Waals surface area contributed by atoms with E-state index in [2.05, 4.69) is 4.98 Å². The van der Waals surface area contributed by atoms with Gasteiger partial charge in [-0.15, -0.1) is 0 Å². The Hall–Kier alpha value is -1.66. The van der Waals surface area contributed by atoms with Gasteiger partial charge in [0.05, 0.1) is 5.25 Å². The molecule has 1 heterocycles. The largest absolute Gasteiger partial charge is 0.632 e. The summed E-state index contributed by atoms with van der Waals surface area (Å²) in [6.07, 6.45) is -1.39. The molecule has 1 aromatic heterocycles. The summed E-state index contributed by atoms with van der Waals surface area (Å²) in [7, 11) is -3.25. The average molecular weight is 293 g/mol. The first-order valence-corrected chi connectivity index (χ1v) is 6.97. The van der Waals surface area contributed by atoms with Crippen LogP contribution in [0.15, 0.2) is 18.3 Å². The molecule has 9 heteroatoms. The van der Waals surface area contributed by atoms with Gasteiger partial charge in [0.1, 0.15) is 15.4 Å². The molecule has 5 nitrogen and oxygen atoms in total. The molecule has 19 heavy (non-hydrogen) atoms. The van der Waals surface area contributed by atoms with Gasteiger partial charge in [-0.25, -0.2) is 4.21 Å². The summed E-state index contributed by atoms with van der Waals surface area (Å²) in [5, 5.41) is 18.7. The molecule has 0 spiro atoms. The van der Waals surface area contributed by atoms with Crippen molar-refractivity contribution in [3.05, 3.63) is 34.8 Å². The van der Waals surface area contributed by atoms with E-state index in [0.717, 1.165) is 24.6 Å². The molecule has 0 amide bonds. The summed E-state index contributed by atoms with van der Waals surface area (Å²) in [4.78, 5) is 3.22. The van der Waals surface area contributed by atoms with E-state index in [1.807, 2.05) is 0 Å². The number of nitriles is 1. The van der Waals surface area contributed by atoms with E-state index in [1.165, 1.54) is 13.1 Å². The predicted molar refractivity (Wildman–Crippen MR) is 61.0 cm³/mol. The smallest absolute Gasteiger partial charge is 0.463 e. The van der Waals surface area contributed by atoms with Crippen molar-refractivity contribution in [1.29, 1.82) is 5.26 Å². The highest BCUT2D eigenvalue weighted by molar-refractivity contribution is 7.90. The molecule has 0 aromatic carbocycles. The molecule has 0 saturated carbocycles. The van der Waals surface area contributed by atoms with Crippen molar-refractivity contribution >= 4 is 9.73 Å². The first-order chi connectivity index (χ1) is 8.60. The fraction of sp³-hybridized carbons (Fsp3) is 0.400.